The average Bonchev–Trinajstić information content (AvgIpc) is 4.33. The highest BCUT2D eigenvalue weighted by Gasteiger charge is 2.65. The normalized spacial score (nSPS) is 45.1. The van der Waals surface area contributed by atoms with E-state index in [0.29, 0.717) is 71.3 Å². The molecule has 6 saturated carbocycles. The van der Waals surface area contributed by atoms with Crippen LogP contribution in [0.5, 0.6) is 0 Å². The van der Waals surface area contributed by atoms with Gasteiger partial charge in [-0.15, -0.1) is 0 Å². The van der Waals surface area contributed by atoms with Gasteiger partial charge in [0.25, 0.3) is 0 Å². The molecule has 2 aromatic carbocycles. The van der Waals surface area contributed by atoms with Crippen molar-refractivity contribution in [3.8, 4) is 0 Å². The van der Waals surface area contributed by atoms with Crippen molar-refractivity contribution < 1.29 is 38.4 Å². The topological polar surface area (TPSA) is 115 Å². The molecule has 8 aliphatic carbocycles. The zero-order chi connectivity index (χ0) is 55.6. The number of ketones is 1. The highest BCUT2D eigenvalue weighted by Crippen LogP contribution is 2.69. The lowest BCUT2D eigenvalue weighted by Gasteiger charge is -2.53. The van der Waals surface area contributed by atoms with Crippen LogP contribution in [-0.4, -0.2) is 87.6 Å². The number of carbonyl (C=O) groups is 3. The molecule has 80 heavy (non-hydrogen) atoms. The third kappa shape index (κ3) is 8.94. The number of carbonyl (C=O) groups excluding carboxylic acids is 3. The Morgan fingerprint density at radius 1 is 0.588 bits per heavy atom. The maximum absolute atomic E-state index is 13.5. The fraction of sp³-hybridized carbons (Fsp3) is 0.729. The van der Waals surface area contributed by atoms with Gasteiger partial charge in [-0.1, -0.05) is 113 Å². The summed E-state index contributed by atoms with van der Waals surface area (Å²) in [6.45, 7) is 21.1. The van der Waals surface area contributed by atoms with Crippen molar-refractivity contribution in [3.05, 3.63) is 94.1 Å². The largest absolute Gasteiger partial charge is 0.445 e. The number of aliphatic hydroxyl groups excluding tert-OH is 1. The van der Waals surface area contributed by atoms with Crippen LogP contribution in [-0.2, 0) is 37.0 Å². The van der Waals surface area contributed by atoms with Crippen molar-refractivity contribution in [3.63, 3.8) is 0 Å². The van der Waals surface area contributed by atoms with E-state index in [4.69, 9.17) is 18.9 Å². The highest BCUT2D eigenvalue weighted by molar-refractivity contribution is 5.79. The minimum Gasteiger partial charge on any atom is -0.445 e. The molecule has 2 aromatic rings. The van der Waals surface area contributed by atoms with Gasteiger partial charge in [0, 0.05) is 37.8 Å². The van der Waals surface area contributed by atoms with Gasteiger partial charge in [0.15, 0.2) is 0 Å². The summed E-state index contributed by atoms with van der Waals surface area (Å²) in [5.74, 6) is 7.38. The number of ether oxygens (including phenoxy) is 4. The van der Waals surface area contributed by atoms with Gasteiger partial charge in [0.05, 0.1) is 41.6 Å². The van der Waals surface area contributed by atoms with Crippen LogP contribution in [0.3, 0.4) is 0 Å². The van der Waals surface area contributed by atoms with E-state index in [1.165, 1.54) is 68.9 Å². The monoisotopic (exact) mass is 1090 g/mol. The molecule has 10 fully saturated rings. The van der Waals surface area contributed by atoms with Gasteiger partial charge < -0.3 is 33.9 Å². The van der Waals surface area contributed by atoms with Crippen molar-refractivity contribution in [2.75, 3.05) is 13.1 Å². The Morgan fingerprint density at radius 3 is 1.54 bits per heavy atom. The maximum Gasteiger partial charge on any atom is 0.410 e. The van der Waals surface area contributed by atoms with Crippen molar-refractivity contribution >= 4 is 18.0 Å². The Hall–Kier alpha value is -3.99. The Balaban J connectivity index is 0.000000151. The van der Waals surface area contributed by atoms with Gasteiger partial charge in [0.1, 0.15) is 19.0 Å². The van der Waals surface area contributed by atoms with Gasteiger partial charge in [-0.25, -0.2) is 9.59 Å². The average molecular weight is 1090 g/mol. The number of hydrogen-bond donors (Lipinski definition) is 1. The van der Waals surface area contributed by atoms with Crippen LogP contribution in [0.1, 0.15) is 182 Å². The lowest BCUT2D eigenvalue weighted by molar-refractivity contribution is -0.129. The maximum atomic E-state index is 13.5. The third-order valence-corrected chi connectivity index (χ3v) is 25.8. The molecule has 0 bridgehead atoms. The molecule has 10 heteroatoms. The standard InChI is InChI=1S/C35H49NO4.C35H47NO4/c2*1-21-16-31-32(36(19-21)33(38)39-20-24-8-6-5-7-9-24)23(3)35(40-31)15-13-27-28-11-10-25-17-26(37)12-14-34(25,4)30(28)18-29(27)22(35)2/h5-9,21,23,25-28,30-32,37H,10-20H2,1-4H3;5-9,21,23,25,27-28,30-32H,10-20H2,1-4H3/t21-,23+,25+,26-,27-,28-,30-,31+,32-,34-,35-;21-,23+,25+,27-,28-,30-,31+,32-,34-,35-/m00/s1. The smallest absolute Gasteiger partial charge is 0.410 e. The van der Waals surface area contributed by atoms with E-state index in [9.17, 15) is 19.5 Å². The zero-order valence-corrected chi connectivity index (χ0v) is 49.8. The van der Waals surface area contributed by atoms with Crippen LogP contribution in [0.4, 0.5) is 9.59 Å². The molecule has 434 valence electrons. The molecule has 14 rings (SSSR count). The second-order valence-corrected chi connectivity index (χ2v) is 29.5. The van der Waals surface area contributed by atoms with Gasteiger partial charge in [0.2, 0.25) is 0 Å². The molecular weight excluding hydrogens is 997 g/mol. The summed E-state index contributed by atoms with van der Waals surface area (Å²) in [5, 5.41) is 10.4. The second-order valence-electron chi connectivity index (χ2n) is 29.5. The molecule has 0 unspecified atom stereocenters. The van der Waals surface area contributed by atoms with E-state index >= 15 is 0 Å². The third-order valence-electron chi connectivity index (χ3n) is 25.8. The fourth-order valence-corrected chi connectivity index (χ4v) is 21.7. The van der Waals surface area contributed by atoms with Crippen molar-refractivity contribution in [2.24, 2.45) is 81.8 Å². The molecule has 10 nitrogen and oxygen atoms in total. The number of amides is 2. The van der Waals surface area contributed by atoms with Crippen LogP contribution >= 0.6 is 0 Å². The first kappa shape index (κ1) is 55.2. The molecule has 12 aliphatic rings. The van der Waals surface area contributed by atoms with Gasteiger partial charge in [-0.05, 0) is 209 Å². The summed E-state index contributed by atoms with van der Waals surface area (Å²) < 4.78 is 26.1. The minimum absolute atomic E-state index is 0.0570. The van der Waals surface area contributed by atoms with Crippen LogP contribution in [0.25, 0.3) is 0 Å². The molecule has 1 N–H and O–H groups in total. The van der Waals surface area contributed by atoms with E-state index in [-0.39, 0.29) is 65.6 Å². The molecule has 0 radical (unpaired) electrons. The first-order valence-corrected chi connectivity index (χ1v) is 32.3. The molecule has 2 spiro atoms. The molecule has 21 atom stereocenters. The Kier molecular flexibility index (Phi) is 14.5. The van der Waals surface area contributed by atoms with E-state index in [2.05, 4.69) is 55.4 Å². The Labute approximate surface area is 478 Å². The lowest BCUT2D eigenvalue weighted by atomic mass is 9.52. The summed E-state index contributed by atoms with van der Waals surface area (Å²) in [6.07, 6.45) is 19.6. The fourth-order valence-electron chi connectivity index (χ4n) is 21.7. The van der Waals surface area contributed by atoms with Crippen LogP contribution in [0.2, 0.25) is 0 Å². The highest BCUT2D eigenvalue weighted by atomic mass is 16.6. The number of rotatable bonds is 4. The molecular formula is C70H96N2O8. The summed E-state index contributed by atoms with van der Waals surface area (Å²) in [6, 6.07) is 20.1. The van der Waals surface area contributed by atoms with Crippen LogP contribution in [0, 0.1) is 81.8 Å². The number of aliphatic hydroxyl groups is 1. The minimum atomic E-state index is -0.278. The predicted molar refractivity (Wildman–Crippen MR) is 310 cm³/mol. The first-order valence-electron chi connectivity index (χ1n) is 32.3. The number of fused-ring (bicyclic) bond motifs is 12. The summed E-state index contributed by atoms with van der Waals surface area (Å²) in [5.41, 5.74) is 8.53. The number of hydrogen-bond acceptors (Lipinski definition) is 8. The number of benzene rings is 2. The SMILES string of the molecule is CC1=C2C[C@H]3[C@@H](CC[C@@H]4CC(=O)CC[C@@]43C)[C@@H]2CC[C@]12O[C@@H]1C[C@H](C)CN(C(=O)OCc3ccccc3)[C@H]1[C@H]2C.CC1=C2C[C@H]3[C@@H](CC[C@@H]4C[C@@H](O)CC[C@@]43C)[C@@H]2CC[C@]12O[C@@H]1C[C@H](C)CN(C(=O)OCc3ccccc3)[C@H]1[C@H]2C. The quantitative estimate of drug-likeness (QED) is 0.301. The predicted octanol–water partition coefficient (Wildman–Crippen LogP) is 14.5. The Morgan fingerprint density at radius 2 is 1.05 bits per heavy atom. The van der Waals surface area contributed by atoms with Crippen molar-refractivity contribution in [2.45, 2.75) is 226 Å². The number of likely N-dealkylation sites (tertiary alicyclic amines) is 2. The second kappa shape index (κ2) is 21.0. The van der Waals surface area contributed by atoms with E-state index in [1.807, 2.05) is 70.5 Å². The lowest BCUT2D eigenvalue weighted by Crippen LogP contribution is -2.54. The molecule has 4 heterocycles. The number of nitrogens with zero attached hydrogens (tertiary/aromatic N) is 2. The molecule has 0 aromatic heterocycles. The molecule has 4 aliphatic heterocycles. The van der Waals surface area contributed by atoms with Gasteiger partial charge >= 0.3 is 12.2 Å². The van der Waals surface area contributed by atoms with Gasteiger partial charge in [-0.2, -0.15) is 0 Å². The van der Waals surface area contributed by atoms with E-state index < -0.39 is 0 Å². The van der Waals surface area contributed by atoms with Crippen molar-refractivity contribution in [1.82, 2.24) is 9.80 Å². The summed E-state index contributed by atoms with van der Waals surface area (Å²) in [4.78, 5) is 43.4. The summed E-state index contributed by atoms with van der Waals surface area (Å²) in [7, 11) is 0. The first-order chi connectivity index (χ1) is 38.4. The summed E-state index contributed by atoms with van der Waals surface area (Å²) >= 11 is 0. The zero-order valence-electron chi connectivity index (χ0n) is 49.8. The van der Waals surface area contributed by atoms with Gasteiger partial charge in [-0.3, -0.25) is 4.79 Å². The van der Waals surface area contributed by atoms with Crippen LogP contribution in [0.15, 0.2) is 83.0 Å². The molecule has 2 amide bonds. The number of allylic oxidation sites excluding steroid dienone is 2. The number of piperidine rings is 2. The van der Waals surface area contributed by atoms with Crippen LogP contribution < -0.4 is 0 Å². The number of Topliss-reactive ketones (excluding diaryl/α,β-unsaturated/α-hetero) is 1. The van der Waals surface area contributed by atoms with Crippen molar-refractivity contribution in [1.29, 1.82) is 0 Å². The Bertz CT molecular complexity index is 2740. The van der Waals surface area contributed by atoms with E-state index in [1.54, 1.807) is 11.1 Å². The van der Waals surface area contributed by atoms with E-state index in [0.717, 1.165) is 99.8 Å². The molecule has 4 saturated heterocycles.